The van der Waals surface area contributed by atoms with Crippen molar-refractivity contribution in [2.24, 2.45) is 5.92 Å². The van der Waals surface area contributed by atoms with Crippen LogP contribution in [0.2, 0.25) is 0 Å². The molecule has 0 aliphatic carbocycles. The summed E-state index contributed by atoms with van der Waals surface area (Å²) in [7, 11) is -2.13. The summed E-state index contributed by atoms with van der Waals surface area (Å²) in [6.45, 7) is 6.45. The van der Waals surface area contributed by atoms with Gasteiger partial charge in [-0.2, -0.15) is 0 Å². The number of amides is 1. The molecule has 0 unspecified atom stereocenters. The Morgan fingerprint density at radius 1 is 1.07 bits per heavy atom. The van der Waals surface area contributed by atoms with Crippen LogP contribution in [0, 0.1) is 12.8 Å². The van der Waals surface area contributed by atoms with Crippen molar-refractivity contribution >= 4 is 21.6 Å². The SMILES string of the molecule is Cc1ccc(S(=O)(=O)N(C)c2ccc(OCC(=O)NCC(C)C)cc2)cc1. The number of nitrogens with zero attached hydrogens (tertiary/aromatic N) is 1. The van der Waals surface area contributed by atoms with Crippen LogP contribution in [-0.2, 0) is 14.8 Å². The lowest BCUT2D eigenvalue weighted by molar-refractivity contribution is -0.123. The fraction of sp³-hybridized carbons (Fsp3) is 0.350. The van der Waals surface area contributed by atoms with Crippen molar-refractivity contribution in [3.63, 3.8) is 0 Å². The number of hydrogen-bond acceptors (Lipinski definition) is 4. The molecule has 0 atom stereocenters. The fourth-order valence-corrected chi connectivity index (χ4v) is 3.47. The molecule has 27 heavy (non-hydrogen) atoms. The van der Waals surface area contributed by atoms with Gasteiger partial charge in [-0.1, -0.05) is 31.5 Å². The van der Waals surface area contributed by atoms with Gasteiger partial charge < -0.3 is 10.1 Å². The van der Waals surface area contributed by atoms with Crippen molar-refractivity contribution in [2.45, 2.75) is 25.7 Å². The van der Waals surface area contributed by atoms with E-state index in [9.17, 15) is 13.2 Å². The number of anilines is 1. The van der Waals surface area contributed by atoms with Crippen molar-refractivity contribution in [3.05, 3.63) is 54.1 Å². The maximum absolute atomic E-state index is 12.7. The van der Waals surface area contributed by atoms with Crippen molar-refractivity contribution < 1.29 is 17.9 Å². The van der Waals surface area contributed by atoms with Gasteiger partial charge in [-0.15, -0.1) is 0 Å². The first-order valence-electron chi connectivity index (χ1n) is 8.75. The van der Waals surface area contributed by atoms with Gasteiger partial charge in [0.25, 0.3) is 15.9 Å². The van der Waals surface area contributed by atoms with Gasteiger partial charge >= 0.3 is 0 Å². The first kappa shape index (κ1) is 20.8. The van der Waals surface area contributed by atoms with Crippen molar-refractivity contribution in [1.29, 1.82) is 0 Å². The number of benzene rings is 2. The highest BCUT2D eigenvalue weighted by atomic mass is 32.2. The normalized spacial score (nSPS) is 11.3. The van der Waals surface area contributed by atoms with Crippen LogP contribution in [-0.4, -0.2) is 34.5 Å². The van der Waals surface area contributed by atoms with E-state index in [4.69, 9.17) is 4.74 Å². The molecule has 0 saturated carbocycles. The van der Waals surface area contributed by atoms with Crippen molar-refractivity contribution in [2.75, 3.05) is 24.5 Å². The van der Waals surface area contributed by atoms with Crippen LogP contribution in [0.5, 0.6) is 5.75 Å². The Bertz CT molecular complexity index is 860. The van der Waals surface area contributed by atoms with Crippen LogP contribution >= 0.6 is 0 Å². The van der Waals surface area contributed by atoms with E-state index in [-0.39, 0.29) is 17.4 Å². The molecular weight excluding hydrogens is 364 g/mol. The van der Waals surface area contributed by atoms with Gasteiger partial charge in [-0.25, -0.2) is 8.42 Å². The molecule has 1 amide bonds. The maximum Gasteiger partial charge on any atom is 0.264 e. The topological polar surface area (TPSA) is 75.7 Å². The number of aryl methyl sites for hydroxylation is 1. The predicted molar refractivity (Wildman–Crippen MR) is 107 cm³/mol. The number of ether oxygens (including phenoxy) is 1. The van der Waals surface area contributed by atoms with Gasteiger partial charge in [-0.05, 0) is 49.2 Å². The molecule has 0 aliphatic heterocycles. The van der Waals surface area contributed by atoms with Gasteiger partial charge in [0.2, 0.25) is 0 Å². The molecule has 7 heteroatoms. The maximum atomic E-state index is 12.7. The molecule has 2 aromatic rings. The fourth-order valence-electron chi connectivity index (χ4n) is 2.28. The first-order chi connectivity index (χ1) is 12.7. The zero-order valence-corrected chi connectivity index (χ0v) is 16.9. The molecule has 0 aliphatic rings. The summed E-state index contributed by atoms with van der Waals surface area (Å²) >= 11 is 0. The third-order valence-electron chi connectivity index (χ3n) is 3.96. The minimum atomic E-state index is -3.63. The summed E-state index contributed by atoms with van der Waals surface area (Å²) in [6.07, 6.45) is 0. The lowest BCUT2D eigenvalue weighted by Crippen LogP contribution is -2.31. The molecule has 2 rings (SSSR count). The highest BCUT2D eigenvalue weighted by Gasteiger charge is 2.21. The number of hydrogen-bond donors (Lipinski definition) is 1. The zero-order valence-electron chi connectivity index (χ0n) is 16.1. The van der Waals surface area contributed by atoms with E-state index in [1.54, 1.807) is 48.5 Å². The van der Waals surface area contributed by atoms with Crippen LogP contribution in [0.25, 0.3) is 0 Å². The number of sulfonamides is 1. The number of nitrogens with one attached hydrogen (secondary N) is 1. The summed E-state index contributed by atoms with van der Waals surface area (Å²) in [5.74, 6) is 0.686. The molecule has 0 spiro atoms. The monoisotopic (exact) mass is 390 g/mol. The summed E-state index contributed by atoms with van der Waals surface area (Å²) in [5.41, 5.74) is 1.50. The number of carbonyl (C=O) groups is 1. The summed E-state index contributed by atoms with van der Waals surface area (Å²) < 4.78 is 32.1. The minimum absolute atomic E-state index is 0.0798. The molecule has 6 nitrogen and oxygen atoms in total. The largest absolute Gasteiger partial charge is 0.484 e. The van der Waals surface area contributed by atoms with Crippen LogP contribution in [0.4, 0.5) is 5.69 Å². The van der Waals surface area contributed by atoms with E-state index in [0.29, 0.717) is 23.9 Å². The smallest absolute Gasteiger partial charge is 0.264 e. The Kier molecular flexibility index (Phi) is 6.85. The average Bonchev–Trinajstić information content (AvgIpc) is 2.64. The Morgan fingerprint density at radius 3 is 2.22 bits per heavy atom. The Morgan fingerprint density at radius 2 is 1.67 bits per heavy atom. The minimum Gasteiger partial charge on any atom is -0.484 e. The molecule has 0 bridgehead atoms. The quantitative estimate of drug-likeness (QED) is 0.752. The third-order valence-corrected chi connectivity index (χ3v) is 5.76. The van der Waals surface area contributed by atoms with Gasteiger partial charge in [0, 0.05) is 13.6 Å². The molecule has 0 fully saturated rings. The second kappa shape index (κ2) is 8.90. The average molecular weight is 391 g/mol. The van der Waals surface area contributed by atoms with Gasteiger partial charge in [0.1, 0.15) is 5.75 Å². The summed E-state index contributed by atoms with van der Waals surface area (Å²) in [4.78, 5) is 11.9. The van der Waals surface area contributed by atoms with Crippen LogP contribution in [0.1, 0.15) is 19.4 Å². The lowest BCUT2D eigenvalue weighted by Gasteiger charge is -2.20. The molecule has 146 valence electrons. The van der Waals surface area contributed by atoms with E-state index >= 15 is 0 Å². The Balaban J connectivity index is 2.01. The Hall–Kier alpha value is -2.54. The molecular formula is C20H26N2O4S. The first-order valence-corrected chi connectivity index (χ1v) is 10.2. The van der Waals surface area contributed by atoms with E-state index in [0.717, 1.165) is 5.56 Å². The van der Waals surface area contributed by atoms with Gasteiger partial charge in [0.05, 0.1) is 10.6 Å². The number of rotatable bonds is 8. The van der Waals surface area contributed by atoms with Crippen LogP contribution in [0.3, 0.4) is 0 Å². The van der Waals surface area contributed by atoms with Crippen LogP contribution < -0.4 is 14.4 Å². The van der Waals surface area contributed by atoms with E-state index in [1.165, 1.54) is 11.4 Å². The van der Waals surface area contributed by atoms with E-state index in [1.807, 2.05) is 20.8 Å². The van der Waals surface area contributed by atoms with Crippen LogP contribution in [0.15, 0.2) is 53.4 Å². The molecule has 0 heterocycles. The molecule has 1 N–H and O–H groups in total. The van der Waals surface area contributed by atoms with Crippen molar-refractivity contribution in [1.82, 2.24) is 5.32 Å². The highest BCUT2D eigenvalue weighted by Crippen LogP contribution is 2.24. The molecule has 0 aromatic heterocycles. The second-order valence-corrected chi connectivity index (χ2v) is 8.74. The summed E-state index contributed by atoms with van der Waals surface area (Å²) in [5, 5.41) is 2.77. The third kappa shape index (κ3) is 5.72. The zero-order chi connectivity index (χ0) is 20.0. The van der Waals surface area contributed by atoms with E-state index in [2.05, 4.69) is 5.32 Å². The van der Waals surface area contributed by atoms with Gasteiger partial charge in [-0.3, -0.25) is 9.10 Å². The Labute approximate surface area is 161 Å². The predicted octanol–water partition coefficient (Wildman–Crippen LogP) is 2.97. The standard InChI is InChI=1S/C20H26N2O4S/c1-15(2)13-21-20(23)14-26-18-9-7-17(8-10-18)22(4)27(24,25)19-11-5-16(3)6-12-19/h5-12,15H,13-14H2,1-4H3,(H,21,23). The number of carbonyl (C=O) groups excluding carboxylic acids is 1. The second-order valence-electron chi connectivity index (χ2n) is 6.77. The highest BCUT2D eigenvalue weighted by molar-refractivity contribution is 7.92. The molecule has 2 aromatic carbocycles. The molecule has 0 radical (unpaired) electrons. The lowest BCUT2D eigenvalue weighted by atomic mass is 10.2. The summed E-state index contributed by atoms with van der Waals surface area (Å²) in [6, 6.07) is 13.3. The molecule has 0 saturated heterocycles. The van der Waals surface area contributed by atoms with Gasteiger partial charge in [0.15, 0.2) is 6.61 Å². The van der Waals surface area contributed by atoms with Crippen molar-refractivity contribution in [3.8, 4) is 5.75 Å². The van der Waals surface area contributed by atoms with E-state index < -0.39 is 10.0 Å².